The van der Waals surface area contributed by atoms with Crippen LogP contribution in [0.15, 0.2) is 4.99 Å². The first kappa shape index (κ1) is 25.2. The molecule has 1 saturated heterocycles. The van der Waals surface area contributed by atoms with Crippen LogP contribution in [0, 0.1) is 0 Å². The van der Waals surface area contributed by atoms with Gasteiger partial charge in [-0.15, -0.1) is 24.0 Å². The van der Waals surface area contributed by atoms with Crippen LogP contribution >= 0.6 is 24.0 Å². The standard InChI is InChI=1S/C16H32N4O4S.HI/c1-6-17-14(18-9-12-25(22,23)16(2,3)4)19-13-7-10-20(11-8-13)15(21)24-5;/h13H,6-12H2,1-5H3,(H2,17,18,19);1H. The van der Waals surface area contributed by atoms with Crippen LogP contribution in [-0.2, 0) is 14.6 Å². The summed E-state index contributed by atoms with van der Waals surface area (Å²) in [6, 6.07) is 0.193. The molecule has 1 amide bonds. The van der Waals surface area contributed by atoms with Gasteiger partial charge in [-0.25, -0.2) is 13.2 Å². The number of ether oxygens (including phenoxy) is 1. The Labute approximate surface area is 174 Å². The summed E-state index contributed by atoms with van der Waals surface area (Å²) in [6.07, 6.45) is 1.28. The SMILES string of the molecule is CCNC(=NCCS(=O)(=O)C(C)(C)C)NC1CCN(C(=O)OC)CC1.I. The number of carbonyl (C=O) groups excluding carboxylic acids is 1. The van der Waals surface area contributed by atoms with E-state index in [1.807, 2.05) is 6.92 Å². The van der Waals surface area contributed by atoms with Crippen molar-refractivity contribution < 1.29 is 17.9 Å². The van der Waals surface area contributed by atoms with Crippen molar-refractivity contribution in [1.82, 2.24) is 15.5 Å². The molecule has 8 nitrogen and oxygen atoms in total. The summed E-state index contributed by atoms with van der Waals surface area (Å²) >= 11 is 0. The fourth-order valence-electron chi connectivity index (χ4n) is 2.43. The highest BCUT2D eigenvalue weighted by atomic mass is 127. The molecule has 0 bridgehead atoms. The molecule has 1 heterocycles. The van der Waals surface area contributed by atoms with Gasteiger partial charge < -0.3 is 20.3 Å². The number of halogens is 1. The lowest BCUT2D eigenvalue weighted by Crippen LogP contribution is -2.50. The van der Waals surface area contributed by atoms with Crippen molar-refractivity contribution in [1.29, 1.82) is 0 Å². The summed E-state index contributed by atoms with van der Waals surface area (Å²) in [4.78, 5) is 17.6. The zero-order valence-electron chi connectivity index (χ0n) is 16.4. The van der Waals surface area contributed by atoms with Gasteiger partial charge in [-0.3, -0.25) is 4.99 Å². The van der Waals surface area contributed by atoms with E-state index in [1.54, 1.807) is 25.7 Å². The Kier molecular flexibility index (Phi) is 10.8. The summed E-state index contributed by atoms with van der Waals surface area (Å²) in [5.74, 6) is 0.636. The average molecular weight is 504 g/mol. The number of sulfone groups is 1. The van der Waals surface area contributed by atoms with E-state index in [0.717, 1.165) is 12.8 Å². The average Bonchev–Trinajstić information content (AvgIpc) is 2.53. The molecule has 0 atom stereocenters. The van der Waals surface area contributed by atoms with Crippen LogP contribution in [0.5, 0.6) is 0 Å². The van der Waals surface area contributed by atoms with Crippen LogP contribution < -0.4 is 10.6 Å². The first-order valence-electron chi connectivity index (χ1n) is 8.70. The van der Waals surface area contributed by atoms with E-state index in [4.69, 9.17) is 4.74 Å². The molecule has 1 fully saturated rings. The van der Waals surface area contributed by atoms with Gasteiger partial charge in [0.25, 0.3) is 0 Å². The Balaban J connectivity index is 0.00000625. The summed E-state index contributed by atoms with van der Waals surface area (Å²) in [5.41, 5.74) is 0. The second-order valence-electron chi connectivity index (χ2n) is 7.07. The van der Waals surface area contributed by atoms with Gasteiger partial charge in [0.1, 0.15) is 0 Å². The first-order chi connectivity index (χ1) is 11.6. The van der Waals surface area contributed by atoms with E-state index < -0.39 is 14.6 Å². The van der Waals surface area contributed by atoms with Gasteiger partial charge in [0, 0.05) is 25.7 Å². The smallest absolute Gasteiger partial charge is 0.409 e. The van der Waals surface area contributed by atoms with Gasteiger partial charge in [0.05, 0.1) is 24.2 Å². The van der Waals surface area contributed by atoms with E-state index in [-0.39, 0.29) is 48.4 Å². The number of nitrogens with zero attached hydrogens (tertiary/aromatic N) is 2. The topological polar surface area (TPSA) is 100 Å². The normalized spacial score (nSPS) is 16.7. The zero-order valence-corrected chi connectivity index (χ0v) is 19.5. The number of nitrogens with one attached hydrogen (secondary N) is 2. The number of methoxy groups -OCH3 is 1. The van der Waals surface area contributed by atoms with Crippen molar-refractivity contribution >= 4 is 45.9 Å². The Morgan fingerprint density at radius 2 is 1.85 bits per heavy atom. The Morgan fingerprint density at radius 3 is 2.31 bits per heavy atom. The van der Waals surface area contributed by atoms with Crippen molar-refractivity contribution in [2.24, 2.45) is 4.99 Å². The third-order valence-corrected chi connectivity index (χ3v) is 6.76. The lowest BCUT2D eigenvalue weighted by Gasteiger charge is -2.32. The number of likely N-dealkylation sites (tertiary alicyclic amines) is 1. The Hall–Kier alpha value is -0.780. The van der Waals surface area contributed by atoms with Crippen molar-refractivity contribution in [3.8, 4) is 0 Å². The summed E-state index contributed by atoms with van der Waals surface area (Å²) in [6.45, 7) is 9.22. The maximum Gasteiger partial charge on any atom is 0.409 e. The number of hydrogen-bond acceptors (Lipinski definition) is 5. The van der Waals surface area contributed by atoms with Crippen LogP contribution in [0.4, 0.5) is 4.79 Å². The van der Waals surface area contributed by atoms with Crippen LogP contribution in [0.2, 0.25) is 0 Å². The quantitative estimate of drug-likeness (QED) is 0.335. The maximum atomic E-state index is 12.2. The predicted octanol–water partition coefficient (Wildman–Crippen LogP) is 1.60. The minimum atomic E-state index is -3.18. The van der Waals surface area contributed by atoms with Crippen molar-refractivity contribution in [2.45, 2.75) is 51.3 Å². The van der Waals surface area contributed by atoms with Gasteiger partial charge in [-0.2, -0.15) is 0 Å². The molecular weight excluding hydrogens is 471 g/mol. The predicted molar refractivity (Wildman–Crippen MR) is 115 cm³/mol. The zero-order chi connectivity index (χ0) is 19.1. The lowest BCUT2D eigenvalue weighted by atomic mass is 10.1. The molecule has 0 aromatic rings. The molecule has 0 spiro atoms. The highest BCUT2D eigenvalue weighted by Crippen LogP contribution is 2.15. The number of rotatable bonds is 5. The van der Waals surface area contributed by atoms with Crippen molar-refractivity contribution in [3.05, 3.63) is 0 Å². The van der Waals surface area contributed by atoms with Crippen LogP contribution in [0.1, 0.15) is 40.5 Å². The summed E-state index contributed by atoms with van der Waals surface area (Å²) in [5, 5.41) is 6.46. The first-order valence-corrected chi connectivity index (χ1v) is 10.4. The molecule has 0 aromatic heterocycles. The molecular formula is C16H33IN4O4S. The minimum absolute atomic E-state index is 0. The van der Waals surface area contributed by atoms with Gasteiger partial charge in [-0.1, -0.05) is 0 Å². The van der Waals surface area contributed by atoms with Gasteiger partial charge in [-0.05, 0) is 40.5 Å². The monoisotopic (exact) mass is 504 g/mol. The van der Waals surface area contributed by atoms with Crippen molar-refractivity contribution in [2.75, 3.05) is 39.0 Å². The van der Waals surface area contributed by atoms with E-state index in [1.165, 1.54) is 7.11 Å². The Bertz CT molecular complexity index is 567. The third-order valence-electron chi connectivity index (χ3n) is 4.18. The molecule has 0 saturated carbocycles. The van der Waals surface area contributed by atoms with Crippen LogP contribution in [0.3, 0.4) is 0 Å². The molecule has 0 unspecified atom stereocenters. The molecule has 1 aliphatic rings. The van der Waals surface area contributed by atoms with E-state index in [2.05, 4.69) is 15.6 Å². The molecule has 0 radical (unpaired) electrons. The number of carbonyl (C=O) groups is 1. The molecule has 10 heteroatoms. The summed E-state index contributed by atoms with van der Waals surface area (Å²) < 4.78 is 28.3. The number of guanidine groups is 1. The second-order valence-corrected chi connectivity index (χ2v) is 9.93. The number of piperidine rings is 1. The maximum absolute atomic E-state index is 12.2. The van der Waals surface area contributed by atoms with E-state index in [0.29, 0.717) is 25.6 Å². The Morgan fingerprint density at radius 1 is 1.27 bits per heavy atom. The summed E-state index contributed by atoms with van der Waals surface area (Å²) in [7, 11) is -1.80. The number of amides is 1. The third kappa shape index (κ3) is 7.85. The van der Waals surface area contributed by atoms with E-state index >= 15 is 0 Å². The molecule has 0 aromatic carbocycles. The lowest BCUT2D eigenvalue weighted by molar-refractivity contribution is 0.111. The fourth-order valence-corrected chi connectivity index (χ4v) is 3.38. The number of aliphatic imine (C=N–C) groups is 1. The molecule has 1 aliphatic heterocycles. The molecule has 154 valence electrons. The molecule has 2 N–H and O–H groups in total. The highest BCUT2D eigenvalue weighted by molar-refractivity contribution is 14.0. The van der Waals surface area contributed by atoms with Crippen LogP contribution in [0.25, 0.3) is 0 Å². The molecule has 26 heavy (non-hydrogen) atoms. The van der Waals surface area contributed by atoms with Gasteiger partial charge in [0.2, 0.25) is 0 Å². The second kappa shape index (κ2) is 11.2. The van der Waals surface area contributed by atoms with Gasteiger partial charge in [0.15, 0.2) is 15.8 Å². The van der Waals surface area contributed by atoms with Crippen LogP contribution in [-0.4, -0.2) is 75.2 Å². The minimum Gasteiger partial charge on any atom is -0.453 e. The molecule has 1 rings (SSSR count). The van der Waals surface area contributed by atoms with E-state index in [9.17, 15) is 13.2 Å². The van der Waals surface area contributed by atoms with Crippen molar-refractivity contribution in [3.63, 3.8) is 0 Å². The van der Waals surface area contributed by atoms with Gasteiger partial charge >= 0.3 is 6.09 Å². The molecule has 0 aliphatic carbocycles. The number of hydrogen-bond donors (Lipinski definition) is 2. The highest BCUT2D eigenvalue weighted by Gasteiger charge is 2.28. The largest absolute Gasteiger partial charge is 0.453 e. The fraction of sp³-hybridized carbons (Fsp3) is 0.875.